The van der Waals surface area contributed by atoms with Crippen molar-refractivity contribution in [2.75, 3.05) is 12.4 Å². The van der Waals surface area contributed by atoms with E-state index in [1.807, 2.05) is 24.3 Å². The van der Waals surface area contributed by atoms with Gasteiger partial charge in [0.1, 0.15) is 11.8 Å². The van der Waals surface area contributed by atoms with Crippen molar-refractivity contribution >= 4 is 11.6 Å². The van der Waals surface area contributed by atoms with Gasteiger partial charge in [-0.05, 0) is 40.8 Å². The van der Waals surface area contributed by atoms with Gasteiger partial charge in [0, 0.05) is 5.69 Å². The molecule has 4 heteroatoms. The Morgan fingerprint density at radius 1 is 1.04 bits per heavy atom. The van der Waals surface area contributed by atoms with Crippen LogP contribution in [0.1, 0.15) is 37.9 Å². The molecule has 0 aliphatic carbocycles. The lowest BCUT2D eigenvalue weighted by Gasteiger charge is -2.19. The number of hydrogen-bond donors (Lipinski definition) is 2. The number of carbonyl (C=O) groups is 1. The number of nitrogens with one attached hydrogen (secondary N) is 1. The Balaban J connectivity index is 2.05. The number of amides is 1. The molecular weight excluding hydrogens is 288 g/mol. The SMILES string of the molecule is COc1ccc(C(N)C(=O)Nc2ccc(C(C)(C)C)cc2)cc1. The molecule has 0 saturated heterocycles. The van der Waals surface area contributed by atoms with E-state index in [9.17, 15) is 4.79 Å². The van der Waals surface area contributed by atoms with Crippen molar-refractivity contribution in [2.24, 2.45) is 5.73 Å². The van der Waals surface area contributed by atoms with E-state index in [-0.39, 0.29) is 11.3 Å². The highest BCUT2D eigenvalue weighted by atomic mass is 16.5. The third-order valence-corrected chi connectivity index (χ3v) is 3.78. The lowest BCUT2D eigenvalue weighted by Crippen LogP contribution is -2.27. The van der Waals surface area contributed by atoms with E-state index in [0.29, 0.717) is 0 Å². The number of methoxy groups -OCH3 is 1. The molecule has 4 nitrogen and oxygen atoms in total. The second kappa shape index (κ2) is 6.84. The standard InChI is InChI=1S/C19H24N2O2/c1-19(2,3)14-7-9-15(10-8-14)21-18(22)17(20)13-5-11-16(23-4)12-6-13/h5-12,17H,20H2,1-4H3,(H,21,22). The van der Waals surface area contributed by atoms with E-state index in [2.05, 4.69) is 26.1 Å². The molecular formula is C19H24N2O2. The summed E-state index contributed by atoms with van der Waals surface area (Å²) >= 11 is 0. The first-order chi connectivity index (χ1) is 10.8. The number of rotatable bonds is 4. The fourth-order valence-electron chi connectivity index (χ4n) is 2.24. The Labute approximate surface area is 137 Å². The van der Waals surface area contributed by atoms with E-state index in [1.54, 1.807) is 31.4 Å². The van der Waals surface area contributed by atoms with Crippen LogP contribution in [0.3, 0.4) is 0 Å². The van der Waals surface area contributed by atoms with Crippen LogP contribution in [0.15, 0.2) is 48.5 Å². The molecule has 1 atom stereocenters. The molecule has 1 amide bonds. The molecule has 0 saturated carbocycles. The van der Waals surface area contributed by atoms with Crippen molar-refractivity contribution in [3.05, 3.63) is 59.7 Å². The minimum absolute atomic E-state index is 0.0854. The number of ether oxygens (including phenoxy) is 1. The molecule has 0 radical (unpaired) electrons. The van der Waals surface area contributed by atoms with Crippen molar-refractivity contribution in [2.45, 2.75) is 32.2 Å². The fraction of sp³-hybridized carbons (Fsp3) is 0.316. The number of benzene rings is 2. The summed E-state index contributed by atoms with van der Waals surface area (Å²) in [6, 6.07) is 14.3. The fourth-order valence-corrected chi connectivity index (χ4v) is 2.24. The van der Waals surface area contributed by atoms with Crippen molar-refractivity contribution < 1.29 is 9.53 Å². The Morgan fingerprint density at radius 2 is 1.61 bits per heavy atom. The number of anilines is 1. The quantitative estimate of drug-likeness (QED) is 0.906. The zero-order chi connectivity index (χ0) is 17.0. The van der Waals surface area contributed by atoms with Crippen LogP contribution in [0.5, 0.6) is 5.75 Å². The lowest BCUT2D eigenvalue weighted by molar-refractivity contribution is -0.117. The monoisotopic (exact) mass is 312 g/mol. The van der Waals surface area contributed by atoms with Crippen LogP contribution in [0.2, 0.25) is 0 Å². The average molecular weight is 312 g/mol. The van der Waals surface area contributed by atoms with Gasteiger partial charge in [-0.2, -0.15) is 0 Å². The van der Waals surface area contributed by atoms with Crippen molar-refractivity contribution in [1.29, 1.82) is 0 Å². The van der Waals surface area contributed by atoms with Crippen LogP contribution in [0.25, 0.3) is 0 Å². The van der Waals surface area contributed by atoms with Crippen LogP contribution >= 0.6 is 0 Å². The molecule has 0 aliphatic rings. The summed E-state index contributed by atoms with van der Waals surface area (Å²) in [6.45, 7) is 6.46. The maximum atomic E-state index is 12.3. The van der Waals surface area contributed by atoms with Crippen LogP contribution < -0.4 is 15.8 Å². The van der Waals surface area contributed by atoms with E-state index in [1.165, 1.54) is 5.56 Å². The van der Waals surface area contributed by atoms with Crippen LogP contribution in [0.4, 0.5) is 5.69 Å². The van der Waals surface area contributed by atoms with Crippen molar-refractivity contribution in [3.63, 3.8) is 0 Å². The molecule has 0 heterocycles. The maximum Gasteiger partial charge on any atom is 0.245 e. The highest BCUT2D eigenvalue weighted by Crippen LogP contribution is 2.24. The second-order valence-electron chi connectivity index (χ2n) is 6.57. The molecule has 0 aromatic heterocycles. The molecule has 0 fully saturated rings. The Morgan fingerprint density at radius 3 is 2.09 bits per heavy atom. The Bertz CT molecular complexity index is 655. The average Bonchev–Trinajstić information content (AvgIpc) is 2.54. The molecule has 2 rings (SSSR count). The molecule has 122 valence electrons. The zero-order valence-corrected chi connectivity index (χ0v) is 14.1. The predicted molar refractivity (Wildman–Crippen MR) is 93.7 cm³/mol. The second-order valence-corrected chi connectivity index (χ2v) is 6.57. The van der Waals surface area contributed by atoms with Gasteiger partial charge in [-0.1, -0.05) is 45.0 Å². The number of hydrogen-bond acceptors (Lipinski definition) is 3. The first-order valence-corrected chi connectivity index (χ1v) is 7.62. The molecule has 2 aromatic carbocycles. The topological polar surface area (TPSA) is 64.3 Å². The summed E-state index contributed by atoms with van der Waals surface area (Å²) in [5.74, 6) is 0.498. The molecule has 23 heavy (non-hydrogen) atoms. The highest BCUT2D eigenvalue weighted by molar-refractivity contribution is 5.95. The van der Waals surface area contributed by atoms with Gasteiger partial charge in [-0.3, -0.25) is 4.79 Å². The van der Waals surface area contributed by atoms with Gasteiger partial charge in [0.25, 0.3) is 0 Å². The molecule has 0 aliphatic heterocycles. The summed E-state index contributed by atoms with van der Waals surface area (Å²) in [7, 11) is 1.60. The van der Waals surface area contributed by atoms with E-state index in [4.69, 9.17) is 10.5 Å². The lowest BCUT2D eigenvalue weighted by atomic mass is 9.87. The van der Waals surface area contributed by atoms with Gasteiger partial charge in [0.05, 0.1) is 7.11 Å². The van der Waals surface area contributed by atoms with Gasteiger partial charge < -0.3 is 15.8 Å². The van der Waals surface area contributed by atoms with Crippen LogP contribution in [0, 0.1) is 0 Å². The van der Waals surface area contributed by atoms with Gasteiger partial charge in [0.15, 0.2) is 0 Å². The molecule has 0 bridgehead atoms. The van der Waals surface area contributed by atoms with E-state index < -0.39 is 6.04 Å². The third-order valence-electron chi connectivity index (χ3n) is 3.78. The van der Waals surface area contributed by atoms with Crippen LogP contribution in [-0.2, 0) is 10.2 Å². The molecule has 2 aromatic rings. The Kier molecular flexibility index (Phi) is 5.06. The molecule has 3 N–H and O–H groups in total. The van der Waals surface area contributed by atoms with Gasteiger partial charge in [-0.25, -0.2) is 0 Å². The summed E-state index contributed by atoms with van der Waals surface area (Å²) in [4.78, 5) is 12.3. The minimum atomic E-state index is -0.719. The molecule has 0 spiro atoms. The van der Waals surface area contributed by atoms with E-state index >= 15 is 0 Å². The largest absolute Gasteiger partial charge is 0.497 e. The van der Waals surface area contributed by atoms with Gasteiger partial charge >= 0.3 is 0 Å². The normalized spacial score (nSPS) is 12.6. The summed E-state index contributed by atoms with van der Waals surface area (Å²) in [5, 5.41) is 2.85. The summed E-state index contributed by atoms with van der Waals surface area (Å²) in [5.41, 5.74) is 8.81. The maximum absolute atomic E-state index is 12.3. The van der Waals surface area contributed by atoms with Gasteiger partial charge in [0.2, 0.25) is 5.91 Å². The van der Waals surface area contributed by atoms with Gasteiger partial charge in [-0.15, -0.1) is 0 Å². The minimum Gasteiger partial charge on any atom is -0.497 e. The smallest absolute Gasteiger partial charge is 0.245 e. The first kappa shape index (κ1) is 17.0. The number of nitrogens with two attached hydrogens (primary N) is 1. The molecule has 1 unspecified atom stereocenters. The first-order valence-electron chi connectivity index (χ1n) is 7.62. The predicted octanol–water partition coefficient (Wildman–Crippen LogP) is 3.63. The zero-order valence-electron chi connectivity index (χ0n) is 14.1. The van der Waals surface area contributed by atoms with Crippen molar-refractivity contribution in [1.82, 2.24) is 0 Å². The van der Waals surface area contributed by atoms with Crippen molar-refractivity contribution in [3.8, 4) is 5.75 Å². The third kappa shape index (κ3) is 4.33. The van der Waals surface area contributed by atoms with Crippen LogP contribution in [-0.4, -0.2) is 13.0 Å². The summed E-state index contributed by atoms with van der Waals surface area (Å²) < 4.78 is 5.10. The number of carbonyl (C=O) groups excluding carboxylic acids is 1. The highest BCUT2D eigenvalue weighted by Gasteiger charge is 2.17. The van der Waals surface area contributed by atoms with E-state index in [0.717, 1.165) is 17.0 Å². The Hall–Kier alpha value is -2.33. The summed E-state index contributed by atoms with van der Waals surface area (Å²) in [6.07, 6.45) is 0.